The summed E-state index contributed by atoms with van der Waals surface area (Å²) in [6.45, 7) is 2.07. The van der Waals surface area contributed by atoms with E-state index in [1.165, 1.54) is 0 Å². The molecular weight excluding hydrogens is 250 g/mol. The average molecular weight is 269 g/mol. The van der Waals surface area contributed by atoms with Gasteiger partial charge in [0.05, 0.1) is 0 Å². The van der Waals surface area contributed by atoms with Gasteiger partial charge in [0.15, 0.2) is 11.5 Å². The summed E-state index contributed by atoms with van der Waals surface area (Å²) in [7, 11) is 1.80. The van der Waals surface area contributed by atoms with E-state index in [1.54, 1.807) is 35.8 Å². The molecule has 1 unspecified atom stereocenters. The Morgan fingerprint density at radius 3 is 2.72 bits per heavy atom. The third-order valence-electron chi connectivity index (χ3n) is 2.73. The number of amides is 1. The minimum atomic E-state index is -0.119. The van der Waals surface area contributed by atoms with Gasteiger partial charge in [0, 0.05) is 18.8 Å². The fourth-order valence-corrected chi connectivity index (χ4v) is 2.41. The molecule has 0 aliphatic heterocycles. The van der Waals surface area contributed by atoms with Crippen molar-refractivity contribution in [3.63, 3.8) is 0 Å². The molecule has 6 nitrogen and oxygen atoms in total. The van der Waals surface area contributed by atoms with Gasteiger partial charge >= 0.3 is 0 Å². The molecule has 0 saturated carbocycles. The lowest BCUT2D eigenvalue weighted by Gasteiger charge is -2.26. The van der Waals surface area contributed by atoms with Gasteiger partial charge in [-0.05, 0) is 24.8 Å². The van der Waals surface area contributed by atoms with Crippen LogP contribution in [0.1, 0.15) is 23.8 Å². The highest BCUT2D eigenvalue weighted by atomic mass is 32.2. The van der Waals surface area contributed by atoms with Crippen LogP contribution in [0.4, 0.5) is 5.82 Å². The molecule has 0 fully saturated rings. The molecular formula is C11H19N5OS. The Hall–Kier alpha value is -1.34. The zero-order valence-electron chi connectivity index (χ0n) is 10.9. The summed E-state index contributed by atoms with van der Waals surface area (Å²) in [5, 5.41) is 7.65. The van der Waals surface area contributed by atoms with E-state index in [0.29, 0.717) is 11.5 Å². The van der Waals surface area contributed by atoms with Crippen molar-refractivity contribution in [2.75, 3.05) is 24.5 Å². The minimum absolute atomic E-state index is 0.119. The molecule has 1 rings (SSSR count). The molecule has 1 aromatic heterocycles. The summed E-state index contributed by atoms with van der Waals surface area (Å²) < 4.78 is 0. The fourth-order valence-electron chi connectivity index (χ4n) is 1.57. The second kappa shape index (κ2) is 7.17. The molecule has 0 aliphatic rings. The lowest BCUT2D eigenvalue weighted by atomic mass is 10.2. The van der Waals surface area contributed by atoms with Gasteiger partial charge in [-0.15, -0.1) is 10.2 Å². The van der Waals surface area contributed by atoms with Gasteiger partial charge in [0.25, 0.3) is 5.91 Å². The predicted octanol–water partition coefficient (Wildman–Crippen LogP) is 0.976. The molecule has 100 valence electrons. The smallest absolute Gasteiger partial charge is 0.274 e. The summed E-state index contributed by atoms with van der Waals surface area (Å²) in [6, 6.07) is 3.46. The van der Waals surface area contributed by atoms with Gasteiger partial charge in [-0.2, -0.15) is 11.8 Å². The molecule has 0 aliphatic carbocycles. The van der Waals surface area contributed by atoms with E-state index in [2.05, 4.69) is 22.5 Å². The Balaban J connectivity index is 2.78. The molecule has 1 heterocycles. The number of nitrogens with two attached hydrogens (primary N) is 1. The third-order valence-corrected chi connectivity index (χ3v) is 3.45. The lowest BCUT2D eigenvalue weighted by Crippen LogP contribution is -2.38. The van der Waals surface area contributed by atoms with Gasteiger partial charge in [-0.25, -0.2) is 5.84 Å². The van der Waals surface area contributed by atoms with E-state index >= 15 is 0 Å². The molecule has 0 aromatic carbocycles. The molecule has 18 heavy (non-hydrogen) atoms. The van der Waals surface area contributed by atoms with E-state index in [-0.39, 0.29) is 11.9 Å². The van der Waals surface area contributed by atoms with Crippen LogP contribution in [-0.4, -0.2) is 46.1 Å². The van der Waals surface area contributed by atoms with E-state index in [1.807, 2.05) is 6.26 Å². The topological polar surface area (TPSA) is 84.1 Å². The van der Waals surface area contributed by atoms with Gasteiger partial charge in [-0.3, -0.25) is 4.79 Å². The summed E-state index contributed by atoms with van der Waals surface area (Å²) in [4.78, 5) is 13.9. The van der Waals surface area contributed by atoms with E-state index < -0.39 is 0 Å². The molecule has 1 atom stereocenters. The number of nitrogens with zero attached hydrogens (tertiary/aromatic N) is 3. The molecule has 0 saturated heterocycles. The van der Waals surface area contributed by atoms with Gasteiger partial charge in [-0.1, -0.05) is 6.92 Å². The number of hydrogen-bond donors (Lipinski definition) is 2. The number of aromatic nitrogens is 2. The number of anilines is 1. The van der Waals surface area contributed by atoms with E-state index in [9.17, 15) is 4.79 Å². The first-order chi connectivity index (χ1) is 8.63. The van der Waals surface area contributed by atoms with Crippen molar-refractivity contribution >= 4 is 23.5 Å². The Bertz CT molecular complexity index is 384. The summed E-state index contributed by atoms with van der Waals surface area (Å²) in [5.74, 6) is 6.42. The van der Waals surface area contributed by atoms with Crippen LogP contribution in [0.5, 0.6) is 0 Å². The monoisotopic (exact) mass is 269 g/mol. The number of thioether (sulfide) groups is 1. The Labute approximate surface area is 111 Å². The highest BCUT2D eigenvalue weighted by Gasteiger charge is 2.20. The third kappa shape index (κ3) is 3.58. The highest BCUT2D eigenvalue weighted by molar-refractivity contribution is 7.98. The minimum Gasteiger partial charge on any atom is -0.337 e. The SMILES string of the molecule is CCC(CSC)N(C)C(=O)c1ccc(NN)nn1. The molecule has 1 amide bonds. The van der Waals surface area contributed by atoms with E-state index in [0.717, 1.165) is 12.2 Å². The summed E-state index contributed by atoms with van der Waals surface area (Å²) >= 11 is 1.72. The fraction of sp³-hybridized carbons (Fsp3) is 0.545. The van der Waals surface area contributed by atoms with Crippen molar-refractivity contribution in [2.24, 2.45) is 5.84 Å². The van der Waals surface area contributed by atoms with Crippen LogP contribution >= 0.6 is 11.8 Å². The number of carbonyl (C=O) groups is 1. The van der Waals surface area contributed by atoms with Crippen LogP contribution in [0.2, 0.25) is 0 Å². The standard InChI is InChI=1S/C11H19N5OS/c1-4-8(7-18-3)16(2)11(17)9-5-6-10(13-12)15-14-9/h5-6,8H,4,7,12H2,1-3H3,(H,13,15). The van der Waals surface area contributed by atoms with Gasteiger partial charge in [0.2, 0.25) is 0 Å². The number of hydrazine groups is 1. The zero-order chi connectivity index (χ0) is 13.5. The number of nitrogen functional groups attached to an aromatic ring is 1. The first-order valence-corrected chi connectivity index (χ1v) is 7.09. The maximum absolute atomic E-state index is 12.2. The second-order valence-corrected chi connectivity index (χ2v) is 4.79. The summed E-state index contributed by atoms with van der Waals surface area (Å²) in [5.41, 5.74) is 2.70. The second-order valence-electron chi connectivity index (χ2n) is 3.88. The van der Waals surface area contributed by atoms with Crippen LogP contribution in [0, 0.1) is 0 Å². The zero-order valence-corrected chi connectivity index (χ0v) is 11.7. The molecule has 0 radical (unpaired) electrons. The predicted molar refractivity (Wildman–Crippen MR) is 74.4 cm³/mol. The van der Waals surface area contributed by atoms with Crippen molar-refractivity contribution in [1.82, 2.24) is 15.1 Å². The Morgan fingerprint density at radius 1 is 1.56 bits per heavy atom. The normalized spacial score (nSPS) is 12.0. The average Bonchev–Trinajstić information content (AvgIpc) is 2.43. The number of rotatable bonds is 6. The van der Waals surface area contributed by atoms with Gasteiger partial charge in [0.1, 0.15) is 0 Å². The van der Waals surface area contributed by atoms with Crippen molar-refractivity contribution in [3.8, 4) is 0 Å². The van der Waals surface area contributed by atoms with Crippen molar-refractivity contribution in [2.45, 2.75) is 19.4 Å². The van der Waals surface area contributed by atoms with Crippen molar-refractivity contribution in [3.05, 3.63) is 17.8 Å². The molecule has 0 spiro atoms. The Kier molecular flexibility index (Phi) is 5.87. The van der Waals surface area contributed by atoms with Crippen LogP contribution < -0.4 is 11.3 Å². The molecule has 7 heteroatoms. The van der Waals surface area contributed by atoms with Crippen LogP contribution in [0.25, 0.3) is 0 Å². The number of nitrogens with one attached hydrogen (secondary N) is 1. The van der Waals surface area contributed by atoms with Crippen molar-refractivity contribution in [1.29, 1.82) is 0 Å². The van der Waals surface area contributed by atoms with Crippen LogP contribution in [0.15, 0.2) is 12.1 Å². The number of hydrogen-bond acceptors (Lipinski definition) is 6. The first kappa shape index (κ1) is 14.7. The maximum Gasteiger partial charge on any atom is 0.274 e. The van der Waals surface area contributed by atoms with E-state index in [4.69, 9.17) is 5.84 Å². The van der Waals surface area contributed by atoms with Crippen molar-refractivity contribution < 1.29 is 4.79 Å². The van der Waals surface area contributed by atoms with Crippen LogP contribution in [0.3, 0.4) is 0 Å². The molecule has 1 aromatic rings. The highest BCUT2D eigenvalue weighted by Crippen LogP contribution is 2.11. The molecule has 0 bridgehead atoms. The Morgan fingerprint density at radius 2 is 2.28 bits per heavy atom. The summed E-state index contributed by atoms with van der Waals surface area (Å²) in [6.07, 6.45) is 2.95. The quantitative estimate of drug-likeness (QED) is 0.591. The van der Waals surface area contributed by atoms with Gasteiger partial charge < -0.3 is 10.3 Å². The first-order valence-electron chi connectivity index (χ1n) is 5.70. The van der Waals surface area contributed by atoms with Crippen LogP contribution in [-0.2, 0) is 0 Å². The number of carbonyl (C=O) groups excluding carboxylic acids is 1. The largest absolute Gasteiger partial charge is 0.337 e. The maximum atomic E-state index is 12.2. The molecule has 3 N–H and O–H groups in total. The lowest BCUT2D eigenvalue weighted by molar-refractivity contribution is 0.0736.